The van der Waals surface area contributed by atoms with Crippen LogP contribution in [-0.4, -0.2) is 34.2 Å². The van der Waals surface area contributed by atoms with Crippen molar-refractivity contribution in [3.05, 3.63) is 83.9 Å². The summed E-state index contributed by atoms with van der Waals surface area (Å²) in [6.07, 6.45) is 0. The number of carbonyl (C=O) groups is 2. The van der Waals surface area contributed by atoms with Crippen molar-refractivity contribution in [2.45, 2.75) is 0 Å². The number of nitrogens with zero attached hydrogens (tertiary/aromatic N) is 2. The summed E-state index contributed by atoms with van der Waals surface area (Å²) in [5.41, 5.74) is 1.45. The lowest BCUT2D eigenvalue weighted by Crippen LogP contribution is -2.15. The van der Waals surface area contributed by atoms with Gasteiger partial charge in [0.05, 0.1) is 12.7 Å². The maximum absolute atomic E-state index is 12.6. The Kier molecular flexibility index (Phi) is 5.80. The number of rotatable bonds is 6. The van der Waals surface area contributed by atoms with Gasteiger partial charge in [0.15, 0.2) is 0 Å². The van der Waals surface area contributed by atoms with Crippen molar-refractivity contribution in [1.29, 1.82) is 0 Å². The molecule has 9 heteroatoms. The number of benzene rings is 3. The van der Waals surface area contributed by atoms with Gasteiger partial charge in [0.1, 0.15) is 11.5 Å². The van der Waals surface area contributed by atoms with Crippen molar-refractivity contribution in [3.63, 3.8) is 0 Å². The second kappa shape index (κ2) is 9.00. The summed E-state index contributed by atoms with van der Waals surface area (Å²) in [5, 5.41) is 22.8. The van der Waals surface area contributed by atoms with Crippen LogP contribution in [-0.2, 0) is 0 Å². The molecule has 32 heavy (non-hydrogen) atoms. The van der Waals surface area contributed by atoms with E-state index in [2.05, 4.69) is 20.8 Å². The third-order valence-electron chi connectivity index (χ3n) is 4.51. The lowest BCUT2D eigenvalue weighted by molar-refractivity contribution is 0.101. The topological polar surface area (TPSA) is 127 Å². The van der Waals surface area contributed by atoms with Crippen LogP contribution in [0.15, 0.2) is 77.2 Å². The molecule has 0 aliphatic carbocycles. The maximum Gasteiger partial charge on any atom is 0.322 e. The zero-order chi connectivity index (χ0) is 22.5. The van der Waals surface area contributed by atoms with Gasteiger partial charge in [-0.1, -0.05) is 23.3 Å². The molecule has 0 bridgehead atoms. The van der Waals surface area contributed by atoms with E-state index in [1.807, 2.05) is 0 Å². The molecule has 0 atom stereocenters. The molecule has 4 aromatic rings. The van der Waals surface area contributed by atoms with Gasteiger partial charge in [-0.15, -0.1) is 5.10 Å². The number of aromatic hydroxyl groups is 1. The summed E-state index contributed by atoms with van der Waals surface area (Å²) in [6, 6.07) is 19.5. The number of phenols is 1. The second-order valence-corrected chi connectivity index (χ2v) is 6.65. The molecule has 1 heterocycles. The molecule has 2 amide bonds. The van der Waals surface area contributed by atoms with Crippen molar-refractivity contribution in [2.24, 2.45) is 0 Å². The number of para-hydroxylation sites is 1. The third-order valence-corrected chi connectivity index (χ3v) is 4.51. The monoisotopic (exact) mass is 430 g/mol. The van der Waals surface area contributed by atoms with E-state index in [1.165, 1.54) is 18.2 Å². The first kappa shape index (κ1) is 20.6. The smallest absolute Gasteiger partial charge is 0.322 e. The predicted molar refractivity (Wildman–Crippen MR) is 117 cm³/mol. The standard InChI is InChI=1S/C23H18N4O5/c1-31-17-11-9-14(10-12-17)22-26-27-23(32-22)25-20(29)15-5-4-6-16(13-15)24-21(30)18-7-2-3-8-19(18)28/h2-13,28H,1H3,(H,24,30)(H,25,27,29). The number of carbonyl (C=O) groups excluding carboxylic acids is 2. The molecule has 0 saturated heterocycles. The minimum absolute atomic E-state index is 0.0653. The van der Waals surface area contributed by atoms with E-state index in [4.69, 9.17) is 9.15 Å². The van der Waals surface area contributed by atoms with Gasteiger partial charge in [0, 0.05) is 16.8 Å². The van der Waals surface area contributed by atoms with Crippen LogP contribution in [0.25, 0.3) is 11.5 Å². The number of nitrogens with one attached hydrogen (secondary N) is 2. The molecule has 0 aliphatic heterocycles. The first-order chi connectivity index (χ1) is 15.5. The van der Waals surface area contributed by atoms with E-state index in [-0.39, 0.29) is 28.8 Å². The fraction of sp³-hybridized carbons (Fsp3) is 0.0435. The van der Waals surface area contributed by atoms with Crippen LogP contribution >= 0.6 is 0 Å². The Morgan fingerprint density at radius 3 is 2.44 bits per heavy atom. The Labute approximate surface area is 182 Å². The van der Waals surface area contributed by atoms with Crippen LogP contribution in [0.2, 0.25) is 0 Å². The summed E-state index contributed by atoms with van der Waals surface area (Å²) in [7, 11) is 1.57. The molecule has 0 unspecified atom stereocenters. The highest BCUT2D eigenvalue weighted by Gasteiger charge is 2.15. The Hall–Kier alpha value is -4.66. The predicted octanol–water partition coefficient (Wildman–Crippen LogP) is 3.96. The van der Waals surface area contributed by atoms with Gasteiger partial charge in [-0.25, -0.2) is 0 Å². The van der Waals surface area contributed by atoms with E-state index in [0.29, 0.717) is 17.0 Å². The molecule has 0 fully saturated rings. The summed E-state index contributed by atoms with van der Waals surface area (Å²) in [5.74, 6) is -0.193. The van der Waals surface area contributed by atoms with Crippen LogP contribution in [0.4, 0.5) is 11.7 Å². The van der Waals surface area contributed by atoms with Gasteiger partial charge in [-0.3, -0.25) is 14.9 Å². The number of amides is 2. The molecule has 1 aromatic heterocycles. The largest absolute Gasteiger partial charge is 0.507 e. The molecule has 3 N–H and O–H groups in total. The van der Waals surface area contributed by atoms with Crippen LogP contribution in [0, 0.1) is 0 Å². The maximum atomic E-state index is 12.6. The first-order valence-electron chi connectivity index (χ1n) is 9.52. The van der Waals surface area contributed by atoms with Gasteiger partial charge < -0.3 is 19.6 Å². The van der Waals surface area contributed by atoms with Crippen molar-refractivity contribution in [1.82, 2.24) is 10.2 Å². The van der Waals surface area contributed by atoms with Crippen molar-refractivity contribution in [2.75, 3.05) is 17.7 Å². The number of phenolic OH excluding ortho intramolecular Hbond substituents is 1. The van der Waals surface area contributed by atoms with E-state index in [0.717, 1.165) is 0 Å². The molecule has 0 spiro atoms. The Balaban J connectivity index is 1.44. The van der Waals surface area contributed by atoms with Crippen molar-refractivity contribution >= 4 is 23.5 Å². The number of methoxy groups -OCH3 is 1. The van der Waals surface area contributed by atoms with Gasteiger partial charge in [-0.2, -0.15) is 0 Å². The molecule has 9 nitrogen and oxygen atoms in total. The fourth-order valence-electron chi connectivity index (χ4n) is 2.90. The lowest BCUT2D eigenvalue weighted by Gasteiger charge is -2.08. The Bertz CT molecular complexity index is 1270. The average molecular weight is 430 g/mol. The van der Waals surface area contributed by atoms with E-state index >= 15 is 0 Å². The summed E-state index contributed by atoms with van der Waals surface area (Å²) < 4.78 is 10.6. The zero-order valence-electron chi connectivity index (χ0n) is 16.9. The number of anilines is 2. The molecule has 0 aliphatic rings. The number of hydrogen-bond donors (Lipinski definition) is 3. The summed E-state index contributed by atoms with van der Waals surface area (Å²) in [4.78, 5) is 25.0. The van der Waals surface area contributed by atoms with Crippen LogP contribution in [0.1, 0.15) is 20.7 Å². The zero-order valence-corrected chi connectivity index (χ0v) is 16.9. The summed E-state index contributed by atoms with van der Waals surface area (Å²) in [6.45, 7) is 0. The van der Waals surface area contributed by atoms with Crippen molar-refractivity contribution < 1.29 is 23.8 Å². The average Bonchev–Trinajstić information content (AvgIpc) is 3.28. The number of aromatic nitrogens is 2. The molecule has 160 valence electrons. The lowest BCUT2D eigenvalue weighted by atomic mass is 10.1. The molecular weight excluding hydrogens is 412 g/mol. The molecule has 0 radical (unpaired) electrons. The second-order valence-electron chi connectivity index (χ2n) is 6.65. The number of ether oxygens (including phenoxy) is 1. The van der Waals surface area contributed by atoms with E-state index < -0.39 is 11.8 Å². The van der Waals surface area contributed by atoms with Crippen molar-refractivity contribution in [3.8, 4) is 23.0 Å². The van der Waals surface area contributed by atoms with Gasteiger partial charge in [0.25, 0.3) is 11.8 Å². The Morgan fingerprint density at radius 1 is 0.906 bits per heavy atom. The van der Waals surface area contributed by atoms with E-state index in [1.54, 1.807) is 61.7 Å². The highest BCUT2D eigenvalue weighted by molar-refractivity contribution is 6.08. The van der Waals surface area contributed by atoms with Crippen LogP contribution in [0.3, 0.4) is 0 Å². The minimum Gasteiger partial charge on any atom is -0.507 e. The van der Waals surface area contributed by atoms with Crippen LogP contribution in [0.5, 0.6) is 11.5 Å². The highest BCUT2D eigenvalue weighted by atomic mass is 16.5. The summed E-state index contributed by atoms with van der Waals surface area (Å²) >= 11 is 0. The molecule has 4 rings (SSSR count). The van der Waals surface area contributed by atoms with Gasteiger partial charge in [0.2, 0.25) is 5.89 Å². The molecular formula is C23H18N4O5. The van der Waals surface area contributed by atoms with E-state index in [9.17, 15) is 14.7 Å². The number of hydrogen-bond acceptors (Lipinski definition) is 7. The fourth-order valence-corrected chi connectivity index (χ4v) is 2.90. The molecule has 0 saturated carbocycles. The quantitative estimate of drug-likeness (QED) is 0.423. The highest BCUT2D eigenvalue weighted by Crippen LogP contribution is 2.23. The normalized spacial score (nSPS) is 10.4. The SMILES string of the molecule is COc1ccc(-c2nnc(NC(=O)c3cccc(NC(=O)c4ccccc4O)c3)o2)cc1. The minimum atomic E-state index is -0.498. The Morgan fingerprint density at radius 2 is 1.69 bits per heavy atom. The third kappa shape index (κ3) is 4.57. The van der Waals surface area contributed by atoms with Crippen LogP contribution < -0.4 is 15.4 Å². The first-order valence-corrected chi connectivity index (χ1v) is 9.52. The molecule has 3 aromatic carbocycles. The van der Waals surface area contributed by atoms with Gasteiger partial charge >= 0.3 is 6.01 Å². The van der Waals surface area contributed by atoms with Gasteiger partial charge in [-0.05, 0) is 54.6 Å².